The molecule has 12 aromatic rings. The van der Waals surface area contributed by atoms with Crippen LogP contribution >= 0.6 is 0 Å². The second kappa shape index (κ2) is 16.3. The van der Waals surface area contributed by atoms with Gasteiger partial charge in [0.25, 0.3) is 0 Å². The van der Waals surface area contributed by atoms with Crippen LogP contribution in [0.1, 0.15) is 22.3 Å². The molecular formula is C67H45N. The van der Waals surface area contributed by atoms with Crippen molar-refractivity contribution in [2.75, 3.05) is 4.90 Å². The van der Waals surface area contributed by atoms with E-state index in [1.165, 1.54) is 93.5 Å². The van der Waals surface area contributed by atoms with Crippen LogP contribution in [0.4, 0.5) is 17.1 Å². The van der Waals surface area contributed by atoms with Crippen LogP contribution in [-0.4, -0.2) is 0 Å². The van der Waals surface area contributed by atoms with Crippen molar-refractivity contribution in [3.05, 3.63) is 295 Å². The van der Waals surface area contributed by atoms with Gasteiger partial charge in [0.05, 0.1) is 5.41 Å². The van der Waals surface area contributed by atoms with E-state index in [0.717, 1.165) is 22.6 Å². The lowest BCUT2D eigenvalue weighted by Crippen LogP contribution is -2.28. The molecule has 0 saturated heterocycles. The first-order chi connectivity index (χ1) is 33.7. The van der Waals surface area contributed by atoms with Gasteiger partial charge in [-0.2, -0.15) is 0 Å². The van der Waals surface area contributed by atoms with Crippen LogP contribution in [-0.2, 0) is 5.41 Å². The van der Waals surface area contributed by atoms with E-state index < -0.39 is 5.41 Å². The minimum Gasteiger partial charge on any atom is -0.310 e. The summed E-state index contributed by atoms with van der Waals surface area (Å²) in [6, 6.07) is 101. The van der Waals surface area contributed by atoms with E-state index in [2.05, 4.69) is 278 Å². The van der Waals surface area contributed by atoms with Gasteiger partial charge >= 0.3 is 0 Å². The Kier molecular flexibility index (Phi) is 9.47. The number of hydrogen-bond acceptors (Lipinski definition) is 1. The molecule has 1 heteroatoms. The van der Waals surface area contributed by atoms with Gasteiger partial charge in [-0.15, -0.1) is 0 Å². The fourth-order valence-corrected chi connectivity index (χ4v) is 11.3. The number of hydrogen-bond donors (Lipinski definition) is 0. The normalized spacial score (nSPS) is 12.5. The third-order valence-electron chi connectivity index (χ3n) is 14.3. The third-order valence-corrected chi connectivity index (χ3v) is 14.3. The molecule has 0 aliphatic heterocycles. The summed E-state index contributed by atoms with van der Waals surface area (Å²) in [6.45, 7) is 0. The van der Waals surface area contributed by atoms with Crippen LogP contribution in [0.15, 0.2) is 273 Å². The molecule has 0 aromatic heterocycles. The maximum Gasteiger partial charge on any atom is 0.0713 e. The molecule has 0 spiro atoms. The summed E-state index contributed by atoms with van der Waals surface area (Å²) in [5, 5.41) is 7.42. The summed E-state index contributed by atoms with van der Waals surface area (Å²) < 4.78 is 0. The van der Waals surface area contributed by atoms with Crippen molar-refractivity contribution in [3.8, 4) is 44.5 Å². The molecule has 0 amide bonds. The first kappa shape index (κ1) is 39.6. The van der Waals surface area contributed by atoms with E-state index in [9.17, 15) is 0 Å². The average Bonchev–Trinajstić information content (AvgIpc) is 3.72. The summed E-state index contributed by atoms with van der Waals surface area (Å²) >= 11 is 0. The zero-order valence-corrected chi connectivity index (χ0v) is 37.4. The van der Waals surface area contributed by atoms with Gasteiger partial charge in [-0.25, -0.2) is 0 Å². The molecule has 13 rings (SSSR count). The maximum absolute atomic E-state index is 2.45. The van der Waals surface area contributed by atoms with E-state index >= 15 is 0 Å². The highest BCUT2D eigenvalue weighted by Gasteiger charge is 2.46. The lowest BCUT2D eigenvalue weighted by atomic mass is 9.68. The molecular weight excluding hydrogens is 819 g/mol. The Hall–Kier alpha value is -8.78. The number of rotatable bonds is 8. The molecule has 1 aliphatic carbocycles. The van der Waals surface area contributed by atoms with Gasteiger partial charge in [-0.1, -0.05) is 231 Å². The van der Waals surface area contributed by atoms with Crippen LogP contribution in [0.25, 0.3) is 76.8 Å². The molecule has 0 fully saturated rings. The summed E-state index contributed by atoms with van der Waals surface area (Å²) in [5.74, 6) is 0. The van der Waals surface area contributed by atoms with Gasteiger partial charge in [0, 0.05) is 17.1 Å². The second-order valence-electron chi connectivity index (χ2n) is 18.0. The Morgan fingerprint density at radius 3 is 1.47 bits per heavy atom. The molecule has 68 heavy (non-hydrogen) atoms. The molecule has 0 atom stereocenters. The number of anilines is 3. The molecule has 1 nitrogen and oxygen atoms in total. The van der Waals surface area contributed by atoms with Gasteiger partial charge in [-0.3, -0.25) is 0 Å². The minimum atomic E-state index is -0.471. The van der Waals surface area contributed by atoms with Crippen molar-refractivity contribution in [2.45, 2.75) is 5.41 Å². The first-order valence-corrected chi connectivity index (χ1v) is 23.6. The average molecular weight is 864 g/mol. The van der Waals surface area contributed by atoms with Gasteiger partial charge < -0.3 is 4.90 Å². The molecule has 318 valence electrons. The van der Waals surface area contributed by atoms with Crippen molar-refractivity contribution < 1.29 is 0 Å². The molecule has 0 heterocycles. The Bertz CT molecular complexity index is 3800. The first-order valence-electron chi connectivity index (χ1n) is 23.6. The Morgan fingerprint density at radius 1 is 0.250 bits per heavy atom. The van der Waals surface area contributed by atoms with Gasteiger partial charge in [-0.05, 0) is 142 Å². The standard InChI is InChI=1S/C67H45N/c1-5-21-47(22-6-1)65-60-34-16-15-32-57(60)58-40-37-51(44-62(58)66(65)48-23-7-2-8-24-48)50-26-19-31-54(43-50)68(55-38-36-46-20-13-14-25-49(46)42-55)56-39-41-64-61(45-56)59-33-17-18-35-63(59)67(64,52-27-9-3-10-28-52)53-29-11-4-12-30-53/h1-45H. The molecule has 12 aromatic carbocycles. The van der Waals surface area contributed by atoms with E-state index in [0.29, 0.717) is 0 Å². The zero-order chi connectivity index (χ0) is 45.0. The van der Waals surface area contributed by atoms with Gasteiger partial charge in [0.15, 0.2) is 0 Å². The predicted molar refractivity (Wildman–Crippen MR) is 287 cm³/mol. The quantitative estimate of drug-likeness (QED) is 0.138. The van der Waals surface area contributed by atoms with Gasteiger partial charge in [0.1, 0.15) is 0 Å². The SMILES string of the molecule is c1ccc(-c2c(-c3ccccc3)c3cc(-c4cccc(N(c5ccc6c(c5)-c5ccccc5C6(c5ccccc5)c5ccccc5)c5ccc6ccccc6c5)c4)ccc3c3ccccc23)cc1. The molecule has 0 N–H and O–H groups in total. The Balaban J connectivity index is 1.02. The van der Waals surface area contributed by atoms with Crippen molar-refractivity contribution in [2.24, 2.45) is 0 Å². The van der Waals surface area contributed by atoms with E-state index in [1.54, 1.807) is 0 Å². The summed E-state index contributed by atoms with van der Waals surface area (Å²) in [4.78, 5) is 2.45. The summed E-state index contributed by atoms with van der Waals surface area (Å²) in [5.41, 5.74) is 17.7. The van der Waals surface area contributed by atoms with E-state index in [4.69, 9.17) is 0 Å². The summed E-state index contributed by atoms with van der Waals surface area (Å²) in [7, 11) is 0. The fraction of sp³-hybridized carbons (Fsp3) is 0.0149. The molecule has 0 unspecified atom stereocenters. The Labute approximate surface area is 397 Å². The van der Waals surface area contributed by atoms with Crippen molar-refractivity contribution in [3.63, 3.8) is 0 Å². The largest absolute Gasteiger partial charge is 0.310 e. The highest BCUT2D eigenvalue weighted by Crippen LogP contribution is 2.57. The smallest absolute Gasteiger partial charge is 0.0713 e. The maximum atomic E-state index is 2.45. The van der Waals surface area contributed by atoms with E-state index in [-0.39, 0.29) is 0 Å². The fourth-order valence-electron chi connectivity index (χ4n) is 11.3. The third kappa shape index (κ3) is 6.32. The van der Waals surface area contributed by atoms with Crippen LogP contribution in [0.2, 0.25) is 0 Å². The van der Waals surface area contributed by atoms with Crippen molar-refractivity contribution >= 4 is 49.4 Å². The Morgan fingerprint density at radius 2 is 0.750 bits per heavy atom. The van der Waals surface area contributed by atoms with Gasteiger partial charge in [0.2, 0.25) is 0 Å². The van der Waals surface area contributed by atoms with Crippen LogP contribution in [0.3, 0.4) is 0 Å². The molecule has 0 bridgehead atoms. The number of benzene rings is 12. The second-order valence-corrected chi connectivity index (χ2v) is 18.0. The number of fused-ring (bicyclic) bond motifs is 7. The highest BCUT2D eigenvalue weighted by molar-refractivity contribution is 6.22. The van der Waals surface area contributed by atoms with Crippen LogP contribution < -0.4 is 4.90 Å². The molecule has 0 saturated carbocycles. The molecule has 0 radical (unpaired) electrons. The summed E-state index contributed by atoms with van der Waals surface area (Å²) in [6.07, 6.45) is 0. The minimum absolute atomic E-state index is 0.471. The topological polar surface area (TPSA) is 3.24 Å². The zero-order valence-electron chi connectivity index (χ0n) is 37.4. The predicted octanol–water partition coefficient (Wildman–Crippen LogP) is 18.0. The monoisotopic (exact) mass is 863 g/mol. The lowest BCUT2D eigenvalue weighted by Gasteiger charge is -2.34. The van der Waals surface area contributed by atoms with Crippen LogP contribution in [0.5, 0.6) is 0 Å². The lowest BCUT2D eigenvalue weighted by molar-refractivity contribution is 0.768. The van der Waals surface area contributed by atoms with Crippen LogP contribution in [0, 0.1) is 0 Å². The highest BCUT2D eigenvalue weighted by atomic mass is 15.1. The van der Waals surface area contributed by atoms with E-state index in [1.807, 2.05) is 0 Å². The molecule has 1 aliphatic rings. The number of nitrogens with zero attached hydrogens (tertiary/aromatic N) is 1. The van der Waals surface area contributed by atoms with Crippen molar-refractivity contribution in [1.82, 2.24) is 0 Å². The van der Waals surface area contributed by atoms with Crippen molar-refractivity contribution in [1.29, 1.82) is 0 Å².